The van der Waals surface area contributed by atoms with E-state index < -0.39 is 59.6 Å². The van der Waals surface area contributed by atoms with Crippen LogP contribution in [0.25, 0.3) is 11.2 Å². The molecule has 16 heteroatoms. The van der Waals surface area contributed by atoms with Crippen molar-refractivity contribution in [1.29, 1.82) is 0 Å². The molecule has 0 radical (unpaired) electrons. The number of alkyl halides is 3. The molecule has 4 atom stereocenters. The Bertz CT molecular complexity index is 1420. The standard InChI is InChI=1S/C22H25F3N6O7/c1-6-7-30-15-16(27-20(26-11(3)32)28-17(15)34)31(21(30)36)18-14(37-12(4)33)8-13(38-18)10(2)9-29(5)19(35)22(23,24)25/h1,10,13-14,18H,7-9H2,2-5H3,(H2,26,27,28,32,34)/t10-,13-,14+,18+/m0/s1. The lowest BCUT2D eigenvalue weighted by Crippen LogP contribution is -2.42. The zero-order chi connectivity index (χ0) is 28.5. The average Bonchev–Trinajstić information content (AvgIpc) is 3.30. The molecule has 0 spiro atoms. The summed E-state index contributed by atoms with van der Waals surface area (Å²) in [5.74, 6) is -2.06. The first kappa shape index (κ1) is 28.4. The lowest BCUT2D eigenvalue weighted by Gasteiger charge is -2.26. The Balaban J connectivity index is 2.08. The fraction of sp³-hybridized carbons (Fsp3) is 0.545. The van der Waals surface area contributed by atoms with Crippen molar-refractivity contribution in [3.8, 4) is 12.3 Å². The number of hydrogen-bond donors (Lipinski definition) is 2. The highest BCUT2D eigenvalue weighted by atomic mass is 19.4. The van der Waals surface area contributed by atoms with E-state index in [-0.39, 0.29) is 36.6 Å². The van der Waals surface area contributed by atoms with Crippen LogP contribution in [-0.4, -0.2) is 73.8 Å². The second-order valence-corrected chi connectivity index (χ2v) is 8.82. The first-order valence-electron chi connectivity index (χ1n) is 11.3. The number of imidazole rings is 1. The van der Waals surface area contributed by atoms with Gasteiger partial charge in [-0.2, -0.15) is 18.2 Å². The highest BCUT2D eigenvalue weighted by Crippen LogP contribution is 2.36. The number of aromatic amines is 1. The van der Waals surface area contributed by atoms with Crippen LogP contribution < -0.4 is 16.6 Å². The van der Waals surface area contributed by atoms with Crippen molar-refractivity contribution >= 4 is 34.9 Å². The highest BCUT2D eigenvalue weighted by Gasteiger charge is 2.45. The Morgan fingerprint density at radius 2 is 2.00 bits per heavy atom. The van der Waals surface area contributed by atoms with Crippen molar-refractivity contribution in [2.75, 3.05) is 18.9 Å². The van der Waals surface area contributed by atoms with E-state index in [0.29, 0.717) is 4.90 Å². The van der Waals surface area contributed by atoms with Gasteiger partial charge in [0.2, 0.25) is 11.9 Å². The van der Waals surface area contributed by atoms with Gasteiger partial charge in [-0.25, -0.2) is 9.36 Å². The van der Waals surface area contributed by atoms with Gasteiger partial charge in [0.15, 0.2) is 17.4 Å². The van der Waals surface area contributed by atoms with E-state index in [1.165, 1.54) is 13.8 Å². The number of anilines is 1. The van der Waals surface area contributed by atoms with E-state index in [9.17, 15) is 37.1 Å². The first-order chi connectivity index (χ1) is 17.6. The van der Waals surface area contributed by atoms with Crippen molar-refractivity contribution in [2.24, 2.45) is 5.92 Å². The molecule has 206 valence electrons. The molecule has 1 aliphatic heterocycles. The van der Waals surface area contributed by atoms with Gasteiger partial charge in [-0.15, -0.1) is 6.42 Å². The van der Waals surface area contributed by atoms with Crippen LogP contribution in [0.15, 0.2) is 9.59 Å². The minimum absolute atomic E-state index is 0.0462. The fourth-order valence-corrected chi connectivity index (χ4v) is 4.31. The number of terminal acetylenes is 1. The zero-order valence-electron chi connectivity index (χ0n) is 20.8. The van der Waals surface area contributed by atoms with Crippen molar-refractivity contribution in [3.63, 3.8) is 0 Å². The van der Waals surface area contributed by atoms with Crippen LogP contribution in [0.3, 0.4) is 0 Å². The van der Waals surface area contributed by atoms with Gasteiger partial charge in [0, 0.05) is 39.8 Å². The van der Waals surface area contributed by atoms with E-state index in [4.69, 9.17) is 15.9 Å². The molecule has 1 fully saturated rings. The summed E-state index contributed by atoms with van der Waals surface area (Å²) >= 11 is 0. The fourth-order valence-electron chi connectivity index (χ4n) is 4.31. The van der Waals surface area contributed by atoms with Crippen LogP contribution in [0, 0.1) is 18.3 Å². The number of halogens is 3. The summed E-state index contributed by atoms with van der Waals surface area (Å²) in [5.41, 5.74) is -2.11. The third kappa shape index (κ3) is 5.72. The van der Waals surface area contributed by atoms with Crippen LogP contribution >= 0.6 is 0 Å². The smallest absolute Gasteiger partial charge is 0.458 e. The summed E-state index contributed by atoms with van der Waals surface area (Å²) in [7, 11) is 0.986. The minimum atomic E-state index is -5.07. The molecule has 1 aliphatic rings. The molecule has 2 N–H and O–H groups in total. The van der Waals surface area contributed by atoms with Crippen LogP contribution in [0.1, 0.15) is 33.4 Å². The van der Waals surface area contributed by atoms with Gasteiger partial charge in [-0.05, 0) is 0 Å². The number of amides is 2. The molecule has 38 heavy (non-hydrogen) atoms. The number of fused-ring (bicyclic) bond motifs is 1. The monoisotopic (exact) mass is 542 g/mol. The lowest BCUT2D eigenvalue weighted by molar-refractivity contribution is -0.185. The van der Waals surface area contributed by atoms with Gasteiger partial charge in [0.05, 0.1) is 12.6 Å². The maximum Gasteiger partial charge on any atom is 0.471 e. The normalized spacial score (nSPS) is 20.1. The van der Waals surface area contributed by atoms with E-state index >= 15 is 0 Å². The number of ether oxygens (including phenoxy) is 2. The van der Waals surface area contributed by atoms with Crippen molar-refractivity contribution < 1.29 is 37.0 Å². The number of H-pyrrole nitrogens is 1. The Hall–Kier alpha value is -4.13. The van der Waals surface area contributed by atoms with E-state index in [1.807, 2.05) is 0 Å². The molecule has 0 unspecified atom stereocenters. The lowest BCUT2D eigenvalue weighted by atomic mass is 10.0. The predicted molar refractivity (Wildman–Crippen MR) is 125 cm³/mol. The van der Waals surface area contributed by atoms with Gasteiger partial charge >= 0.3 is 23.7 Å². The average molecular weight is 542 g/mol. The molecule has 2 amide bonds. The quantitative estimate of drug-likeness (QED) is 0.375. The molecule has 2 aromatic heterocycles. The summed E-state index contributed by atoms with van der Waals surface area (Å²) < 4.78 is 51.7. The first-order valence-corrected chi connectivity index (χ1v) is 11.3. The van der Waals surface area contributed by atoms with Gasteiger partial charge < -0.3 is 14.4 Å². The highest BCUT2D eigenvalue weighted by molar-refractivity contribution is 5.87. The number of rotatable bonds is 7. The number of aromatic nitrogens is 4. The summed E-state index contributed by atoms with van der Waals surface area (Å²) in [6.07, 6.45) is -3.09. The Morgan fingerprint density at radius 1 is 1.34 bits per heavy atom. The van der Waals surface area contributed by atoms with Crippen LogP contribution in [0.5, 0.6) is 0 Å². The summed E-state index contributed by atoms with van der Waals surface area (Å²) in [4.78, 5) is 68.1. The number of carbonyl (C=O) groups is 3. The molecule has 0 bridgehead atoms. The Morgan fingerprint density at radius 3 is 2.55 bits per heavy atom. The number of nitrogens with one attached hydrogen (secondary N) is 2. The zero-order valence-corrected chi connectivity index (χ0v) is 20.8. The minimum Gasteiger partial charge on any atom is -0.458 e. The predicted octanol–water partition coefficient (Wildman–Crippen LogP) is 0.354. The molecule has 2 aromatic rings. The Labute approximate surface area is 212 Å². The molecule has 0 saturated carbocycles. The van der Waals surface area contributed by atoms with Gasteiger partial charge in [-0.1, -0.05) is 12.8 Å². The number of nitrogens with zero attached hydrogens (tertiary/aromatic N) is 4. The van der Waals surface area contributed by atoms with Gasteiger partial charge in [0.1, 0.15) is 6.10 Å². The molecule has 1 saturated heterocycles. The van der Waals surface area contributed by atoms with Crippen LogP contribution in [-0.2, 0) is 30.4 Å². The van der Waals surface area contributed by atoms with Crippen molar-refractivity contribution in [2.45, 2.75) is 58.3 Å². The van der Waals surface area contributed by atoms with E-state index in [0.717, 1.165) is 23.1 Å². The molecule has 0 aromatic carbocycles. The number of carbonyl (C=O) groups excluding carboxylic acids is 3. The van der Waals surface area contributed by atoms with Gasteiger partial charge in [0.25, 0.3) is 5.56 Å². The number of esters is 1. The second-order valence-electron chi connectivity index (χ2n) is 8.82. The van der Waals surface area contributed by atoms with Gasteiger partial charge in [-0.3, -0.25) is 34.0 Å². The number of hydrogen-bond acceptors (Lipinski definition) is 8. The molecule has 0 aliphatic carbocycles. The third-order valence-electron chi connectivity index (χ3n) is 5.81. The maximum atomic E-state index is 13.4. The summed E-state index contributed by atoms with van der Waals surface area (Å²) in [6.45, 7) is 3.12. The SMILES string of the molecule is C#CCn1c(=O)n([C@@H]2O[C@H]([C@@H](C)CN(C)C(=O)C(F)(F)F)C[C@H]2OC(C)=O)c2nc(NC(C)=O)[nH]c(=O)c21. The summed E-state index contributed by atoms with van der Waals surface area (Å²) in [5, 5.41) is 2.30. The molecule has 13 nitrogen and oxygen atoms in total. The van der Waals surface area contributed by atoms with Crippen molar-refractivity contribution in [1.82, 2.24) is 24.0 Å². The largest absolute Gasteiger partial charge is 0.471 e. The maximum absolute atomic E-state index is 13.4. The second kappa shape index (κ2) is 10.7. The van der Waals surface area contributed by atoms with Crippen LogP contribution in [0.4, 0.5) is 19.1 Å². The molecule has 3 rings (SSSR count). The Kier molecular flexibility index (Phi) is 8.01. The third-order valence-corrected chi connectivity index (χ3v) is 5.81. The summed E-state index contributed by atoms with van der Waals surface area (Å²) in [6, 6.07) is 0. The molecule has 3 heterocycles. The van der Waals surface area contributed by atoms with E-state index in [2.05, 4.69) is 21.2 Å². The molecular formula is C22H25F3N6O7. The van der Waals surface area contributed by atoms with E-state index in [1.54, 1.807) is 0 Å². The topological polar surface area (TPSA) is 158 Å². The molecular weight excluding hydrogens is 517 g/mol. The van der Waals surface area contributed by atoms with Crippen molar-refractivity contribution in [3.05, 3.63) is 20.8 Å². The van der Waals surface area contributed by atoms with Crippen LogP contribution in [0.2, 0.25) is 0 Å².